The molecule has 0 aromatic rings. The van der Waals surface area contributed by atoms with Crippen molar-refractivity contribution in [2.24, 2.45) is 0 Å². The Bertz CT molecular complexity index is 592. The minimum absolute atomic E-state index is 7.60. The molecule has 20 heteroatoms. The summed E-state index contributed by atoms with van der Waals surface area (Å²) in [5, 5.41) is 15.8. The van der Waals surface area contributed by atoms with E-state index in [9.17, 15) is 79.0 Å². The van der Waals surface area contributed by atoms with Crippen LogP contribution in [0, 0.1) is 0 Å². The van der Waals surface area contributed by atoms with Gasteiger partial charge in [-0.2, -0.15) is 79.0 Å². The minimum Gasteiger partial charge on any atom is -0.369 e. The molecule has 1 atom stereocenters. The third kappa shape index (κ3) is 3.25. The summed E-state index contributed by atoms with van der Waals surface area (Å²) >= 11 is 0. The van der Waals surface area contributed by atoms with E-state index in [4.69, 9.17) is 10.2 Å². The lowest BCUT2D eigenvalue weighted by atomic mass is 9.83. The molecule has 2 nitrogen and oxygen atoms in total. The Kier molecular flexibility index (Phi) is 6.04. The number of alkyl halides is 18. The van der Waals surface area contributed by atoms with Gasteiger partial charge in [-0.05, 0) is 0 Å². The van der Waals surface area contributed by atoms with Crippen molar-refractivity contribution in [3.63, 3.8) is 0 Å². The van der Waals surface area contributed by atoms with Crippen LogP contribution in [0.2, 0.25) is 0 Å². The van der Waals surface area contributed by atoms with Gasteiger partial charge in [0.1, 0.15) is 0 Å². The third-order valence-corrected chi connectivity index (χ3v) is 3.23. The van der Waals surface area contributed by atoms with Gasteiger partial charge in [0.2, 0.25) is 0 Å². The number of halogens is 18. The Balaban J connectivity index is 7.04. The standard InChI is InChI=1S/C9H2F18O2/c10-2(11,1(28,7(20,21)22)9(26,27)29)3(12,13)4(14,15)5(16,17)6(18,19)8(23,24)25/h28-29H. The van der Waals surface area contributed by atoms with Gasteiger partial charge in [0, 0.05) is 0 Å². The molecule has 2 N–H and O–H groups in total. The summed E-state index contributed by atoms with van der Waals surface area (Å²) in [6.45, 7) is 0. The van der Waals surface area contributed by atoms with Crippen LogP contribution in [0.4, 0.5) is 79.0 Å². The van der Waals surface area contributed by atoms with E-state index in [-0.39, 0.29) is 0 Å². The molecule has 0 radical (unpaired) electrons. The number of hydrogen-bond donors (Lipinski definition) is 2. The molecule has 0 aromatic carbocycles. The van der Waals surface area contributed by atoms with E-state index < -0.39 is 53.7 Å². The average Bonchev–Trinajstić information content (AvgIpc) is 2.41. The molecule has 0 aliphatic heterocycles. The summed E-state index contributed by atoms with van der Waals surface area (Å²) in [6, 6.07) is 0. The van der Waals surface area contributed by atoms with Crippen LogP contribution in [0.1, 0.15) is 0 Å². The van der Waals surface area contributed by atoms with Gasteiger partial charge in [0.15, 0.2) is 0 Å². The fraction of sp³-hybridized carbons (Fsp3) is 1.00. The molecule has 0 aromatic heterocycles. The van der Waals surface area contributed by atoms with Gasteiger partial charge in [0.25, 0.3) is 0 Å². The van der Waals surface area contributed by atoms with E-state index in [0.717, 1.165) is 0 Å². The van der Waals surface area contributed by atoms with E-state index in [2.05, 4.69) is 0 Å². The highest BCUT2D eigenvalue weighted by molar-refractivity contribution is 5.18. The van der Waals surface area contributed by atoms with Crippen molar-refractivity contribution in [1.29, 1.82) is 0 Å². The number of aliphatic hydroxyl groups is 2. The number of rotatable bonds is 6. The molecule has 0 aliphatic rings. The molecule has 0 rings (SSSR count). The van der Waals surface area contributed by atoms with E-state index in [1.54, 1.807) is 0 Å². The Hall–Kier alpha value is -1.34. The summed E-state index contributed by atoms with van der Waals surface area (Å²) in [7, 11) is 0. The van der Waals surface area contributed by atoms with Gasteiger partial charge >= 0.3 is 53.7 Å². The van der Waals surface area contributed by atoms with E-state index in [0.29, 0.717) is 0 Å². The highest BCUT2D eigenvalue weighted by Gasteiger charge is 2.97. The zero-order valence-electron chi connectivity index (χ0n) is 12.2. The van der Waals surface area contributed by atoms with Crippen LogP contribution >= 0.6 is 0 Å². The van der Waals surface area contributed by atoms with Crippen molar-refractivity contribution < 1.29 is 89.2 Å². The second kappa shape index (κ2) is 6.33. The summed E-state index contributed by atoms with van der Waals surface area (Å²) in [6.07, 6.45) is -23.5. The van der Waals surface area contributed by atoms with E-state index in [1.807, 2.05) is 0 Å². The fourth-order valence-corrected chi connectivity index (χ4v) is 1.53. The summed E-state index contributed by atoms with van der Waals surface area (Å²) in [5.74, 6) is -43.5. The van der Waals surface area contributed by atoms with Gasteiger partial charge in [-0.3, -0.25) is 0 Å². The van der Waals surface area contributed by atoms with Crippen LogP contribution in [0.25, 0.3) is 0 Å². The molecule has 0 fully saturated rings. The predicted molar refractivity (Wildman–Crippen MR) is 49.0 cm³/mol. The predicted octanol–water partition coefficient (Wildman–Crippen LogP) is 4.60. The van der Waals surface area contributed by atoms with Crippen LogP contribution in [0.15, 0.2) is 0 Å². The molecule has 0 heterocycles. The largest absolute Gasteiger partial charge is 0.460 e. The second-order valence-electron chi connectivity index (χ2n) is 5.12. The average molecular weight is 484 g/mol. The van der Waals surface area contributed by atoms with Crippen molar-refractivity contribution in [3.8, 4) is 0 Å². The molecular formula is C9H2F18O2. The lowest BCUT2D eigenvalue weighted by molar-refractivity contribution is -0.497. The summed E-state index contributed by atoms with van der Waals surface area (Å²) in [4.78, 5) is 0. The lowest BCUT2D eigenvalue weighted by Gasteiger charge is -2.45. The normalized spacial score (nSPS) is 18.6. The molecule has 0 amide bonds. The lowest BCUT2D eigenvalue weighted by Crippen LogP contribution is -2.79. The summed E-state index contributed by atoms with van der Waals surface area (Å²) < 4.78 is 226. The molecule has 0 saturated heterocycles. The monoisotopic (exact) mass is 484 g/mol. The van der Waals surface area contributed by atoms with E-state index in [1.165, 1.54) is 0 Å². The van der Waals surface area contributed by atoms with Gasteiger partial charge in [-0.25, -0.2) is 0 Å². The van der Waals surface area contributed by atoms with Crippen molar-refractivity contribution in [2.45, 2.75) is 53.7 Å². The molecule has 0 spiro atoms. The first-order chi connectivity index (χ1) is 12.0. The minimum atomic E-state index is -8.91. The molecular weight excluding hydrogens is 482 g/mol. The third-order valence-electron chi connectivity index (χ3n) is 3.23. The molecule has 176 valence electrons. The van der Waals surface area contributed by atoms with Crippen molar-refractivity contribution in [1.82, 2.24) is 0 Å². The van der Waals surface area contributed by atoms with Gasteiger partial charge in [-0.15, -0.1) is 0 Å². The first-order valence-electron chi connectivity index (χ1n) is 5.85. The van der Waals surface area contributed by atoms with Crippen molar-refractivity contribution in [2.75, 3.05) is 0 Å². The maximum atomic E-state index is 13.3. The Morgan fingerprint density at radius 1 is 0.310 bits per heavy atom. The second-order valence-corrected chi connectivity index (χ2v) is 5.12. The van der Waals surface area contributed by atoms with Gasteiger partial charge in [-0.1, -0.05) is 0 Å². The van der Waals surface area contributed by atoms with Crippen LogP contribution in [-0.4, -0.2) is 63.9 Å². The first kappa shape index (κ1) is 27.7. The Morgan fingerprint density at radius 3 is 0.759 bits per heavy atom. The highest BCUT2D eigenvalue weighted by atomic mass is 19.4. The highest BCUT2D eigenvalue weighted by Crippen LogP contribution is 2.64. The van der Waals surface area contributed by atoms with E-state index >= 15 is 0 Å². The fourth-order valence-electron chi connectivity index (χ4n) is 1.53. The molecule has 0 aliphatic carbocycles. The SMILES string of the molecule is OC(F)(F)C(O)(C(F)(F)F)C(F)(F)C(F)(F)C(F)(F)C(F)(F)C(F)(F)C(F)(F)F. The zero-order valence-corrected chi connectivity index (χ0v) is 12.2. The molecule has 1 unspecified atom stereocenters. The van der Waals surface area contributed by atoms with Crippen LogP contribution in [0.3, 0.4) is 0 Å². The van der Waals surface area contributed by atoms with Crippen LogP contribution in [-0.2, 0) is 0 Å². The van der Waals surface area contributed by atoms with Gasteiger partial charge in [0.05, 0.1) is 0 Å². The Morgan fingerprint density at radius 2 is 0.552 bits per heavy atom. The quantitative estimate of drug-likeness (QED) is 0.542. The van der Waals surface area contributed by atoms with Crippen molar-refractivity contribution in [3.05, 3.63) is 0 Å². The Labute approximate surface area is 144 Å². The summed E-state index contributed by atoms with van der Waals surface area (Å²) in [5.41, 5.74) is -8.07. The van der Waals surface area contributed by atoms with Crippen LogP contribution < -0.4 is 0 Å². The first-order valence-corrected chi connectivity index (χ1v) is 5.85. The number of hydrogen-bond acceptors (Lipinski definition) is 2. The maximum absolute atomic E-state index is 13.3. The zero-order chi connectivity index (χ0) is 24.5. The molecule has 0 bridgehead atoms. The topological polar surface area (TPSA) is 40.5 Å². The van der Waals surface area contributed by atoms with Gasteiger partial charge < -0.3 is 10.2 Å². The van der Waals surface area contributed by atoms with Crippen LogP contribution in [0.5, 0.6) is 0 Å². The maximum Gasteiger partial charge on any atom is 0.460 e. The van der Waals surface area contributed by atoms with Crippen molar-refractivity contribution >= 4 is 0 Å². The smallest absolute Gasteiger partial charge is 0.369 e. The molecule has 0 saturated carbocycles. The molecule has 29 heavy (non-hydrogen) atoms.